The summed E-state index contributed by atoms with van der Waals surface area (Å²) in [6.45, 7) is 0. The van der Waals surface area contributed by atoms with Crippen LogP contribution in [0.25, 0.3) is 22.3 Å². The maximum Gasteiger partial charge on any atom is 0.140 e. The molecule has 1 N–H and O–H groups in total. The number of H-pyrrole nitrogens is 1. The molecular formula is C15H15N3. The zero-order chi connectivity index (χ0) is 11.9. The molecule has 0 unspecified atom stereocenters. The van der Waals surface area contributed by atoms with Crippen molar-refractivity contribution in [2.75, 3.05) is 0 Å². The Bertz CT molecular complexity index is 688. The van der Waals surface area contributed by atoms with Crippen molar-refractivity contribution in [3.63, 3.8) is 0 Å². The number of aromatic amines is 1. The monoisotopic (exact) mass is 237 g/mol. The highest BCUT2D eigenvalue weighted by atomic mass is 15.1. The van der Waals surface area contributed by atoms with Crippen LogP contribution < -0.4 is 0 Å². The standard InChI is InChI=1S/C15H15N3/c1-3-11(4-1)18-10-9-17-15(18)13-5-2-6-14-12(13)7-8-16-14/h2,5-11,16H,1,3-4H2. The van der Waals surface area contributed by atoms with Gasteiger partial charge in [-0.1, -0.05) is 12.1 Å². The van der Waals surface area contributed by atoms with E-state index in [1.165, 1.54) is 35.7 Å². The van der Waals surface area contributed by atoms with Gasteiger partial charge in [-0.3, -0.25) is 0 Å². The highest BCUT2D eigenvalue weighted by Gasteiger charge is 2.22. The van der Waals surface area contributed by atoms with Crippen LogP contribution in [0.2, 0.25) is 0 Å². The summed E-state index contributed by atoms with van der Waals surface area (Å²) >= 11 is 0. The molecular weight excluding hydrogens is 222 g/mol. The minimum Gasteiger partial charge on any atom is -0.361 e. The molecule has 0 spiro atoms. The zero-order valence-electron chi connectivity index (χ0n) is 10.1. The average molecular weight is 237 g/mol. The molecule has 0 saturated heterocycles. The summed E-state index contributed by atoms with van der Waals surface area (Å²) in [6.07, 6.45) is 9.93. The molecule has 90 valence electrons. The second kappa shape index (κ2) is 3.73. The van der Waals surface area contributed by atoms with Crippen molar-refractivity contribution in [2.45, 2.75) is 25.3 Å². The zero-order valence-corrected chi connectivity index (χ0v) is 10.1. The lowest BCUT2D eigenvalue weighted by Gasteiger charge is -2.28. The largest absolute Gasteiger partial charge is 0.361 e. The molecule has 0 atom stereocenters. The first-order valence-electron chi connectivity index (χ1n) is 6.53. The van der Waals surface area contributed by atoms with Crippen molar-refractivity contribution in [1.29, 1.82) is 0 Å². The van der Waals surface area contributed by atoms with E-state index in [0.29, 0.717) is 6.04 Å². The number of aromatic nitrogens is 3. The lowest BCUT2D eigenvalue weighted by atomic mass is 9.92. The summed E-state index contributed by atoms with van der Waals surface area (Å²) < 4.78 is 2.34. The average Bonchev–Trinajstić information content (AvgIpc) is 2.93. The smallest absolute Gasteiger partial charge is 0.140 e. The normalized spacial score (nSPS) is 16.0. The Morgan fingerprint density at radius 2 is 2.17 bits per heavy atom. The number of hydrogen-bond donors (Lipinski definition) is 1. The Kier molecular flexibility index (Phi) is 2.06. The summed E-state index contributed by atoms with van der Waals surface area (Å²) in [5.74, 6) is 1.10. The molecule has 1 aliphatic rings. The molecule has 2 heterocycles. The van der Waals surface area contributed by atoms with Crippen LogP contribution in [-0.2, 0) is 0 Å². The fraction of sp³-hybridized carbons (Fsp3) is 0.267. The highest BCUT2D eigenvalue weighted by Crippen LogP contribution is 2.36. The van der Waals surface area contributed by atoms with Crippen LogP contribution in [0.4, 0.5) is 0 Å². The highest BCUT2D eigenvalue weighted by molar-refractivity contribution is 5.93. The molecule has 1 fully saturated rings. The van der Waals surface area contributed by atoms with Crippen molar-refractivity contribution in [2.24, 2.45) is 0 Å². The maximum absolute atomic E-state index is 4.57. The molecule has 0 bridgehead atoms. The van der Waals surface area contributed by atoms with E-state index in [1.807, 2.05) is 12.4 Å². The molecule has 0 radical (unpaired) electrons. The van der Waals surface area contributed by atoms with Crippen molar-refractivity contribution >= 4 is 10.9 Å². The van der Waals surface area contributed by atoms with Gasteiger partial charge in [0.1, 0.15) is 5.82 Å². The quantitative estimate of drug-likeness (QED) is 0.723. The van der Waals surface area contributed by atoms with E-state index in [1.54, 1.807) is 0 Å². The van der Waals surface area contributed by atoms with Crippen molar-refractivity contribution in [3.05, 3.63) is 42.9 Å². The Morgan fingerprint density at radius 1 is 1.22 bits per heavy atom. The third-order valence-corrected chi connectivity index (χ3v) is 3.97. The first-order valence-corrected chi connectivity index (χ1v) is 6.53. The first kappa shape index (κ1) is 9.95. The summed E-state index contributed by atoms with van der Waals surface area (Å²) in [7, 11) is 0. The van der Waals surface area contributed by atoms with Gasteiger partial charge in [0.25, 0.3) is 0 Å². The van der Waals surface area contributed by atoms with Crippen LogP contribution in [-0.4, -0.2) is 14.5 Å². The number of rotatable bonds is 2. The molecule has 0 aliphatic heterocycles. The molecule has 3 heteroatoms. The van der Waals surface area contributed by atoms with Gasteiger partial charge in [0.05, 0.1) is 0 Å². The van der Waals surface area contributed by atoms with Gasteiger partial charge >= 0.3 is 0 Å². The maximum atomic E-state index is 4.57. The fourth-order valence-electron chi connectivity index (χ4n) is 2.76. The third kappa shape index (κ3) is 1.33. The van der Waals surface area contributed by atoms with E-state index in [2.05, 4.69) is 45.0 Å². The van der Waals surface area contributed by atoms with Crippen molar-refractivity contribution in [3.8, 4) is 11.4 Å². The van der Waals surface area contributed by atoms with Gasteiger partial charge in [0, 0.05) is 41.1 Å². The van der Waals surface area contributed by atoms with Gasteiger partial charge in [0.2, 0.25) is 0 Å². The fourth-order valence-corrected chi connectivity index (χ4v) is 2.76. The minimum atomic E-state index is 0.650. The minimum absolute atomic E-state index is 0.650. The van der Waals surface area contributed by atoms with E-state index in [0.717, 1.165) is 5.82 Å². The van der Waals surface area contributed by atoms with Crippen LogP contribution in [0, 0.1) is 0 Å². The Hall–Kier alpha value is -2.03. The predicted molar refractivity (Wildman–Crippen MR) is 72.4 cm³/mol. The van der Waals surface area contributed by atoms with Crippen molar-refractivity contribution in [1.82, 2.24) is 14.5 Å². The molecule has 1 saturated carbocycles. The number of hydrogen-bond acceptors (Lipinski definition) is 1. The van der Waals surface area contributed by atoms with Gasteiger partial charge in [-0.25, -0.2) is 4.98 Å². The van der Waals surface area contributed by atoms with Gasteiger partial charge in [0.15, 0.2) is 0 Å². The number of nitrogens with one attached hydrogen (secondary N) is 1. The summed E-state index contributed by atoms with van der Waals surface area (Å²) in [6, 6.07) is 9.14. The van der Waals surface area contributed by atoms with Crippen LogP contribution >= 0.6 is 0 Å². The topological polar surface area (TPSA) is 33.6 Å². The number of fused-ring (bicyclic) bond motifs is 1. The van der Waals surface area contributed by atoms with Gasteiger partial charge in [-0.05, 0) is 31.4 Å². The molecule has 1 aromatic carbocycles. The number of imidazole rings is 1. The first-order chi connectivity index (χ1) is 8.93. The van der Waals surface area contributed by atoms with Crippen LogP contribution in [0.5, 0.6) is 0 Å². The van der Waals surface area contributed by atoms with Gasteiger partial charge in [-0.2, -0.15) is 0 Å². The number of nitrogens with zero attached hydrogens (tertiary/aromatic N) is 2. The summed E-state index contributed by atoms with van der Waals surface area (Å²) in [5, 5.41) is 1.25. The third-order valence-electron chi connectivity index (χ3n) is 3.97. The van der Waals surface area contributed by atoms with Crippen molar-refractivity contribution < 1.29 is 0 Å². The molecule has 3 aromatic rings. The van der Waals surface area contributed by atoms with Crippen LogP contribution in [0.15, 0.2) is 42.9 Å². The van der Waals surface area contributed by atoms with E-state index in [4.69, 9.17) is 0 Å². The van der Waals surface area contributed by atoms with Gasteiger partial charge in [-0.15, -0.1) is 0 Å². The predicted octanol–water partition coefficient (Wildman–Crippen LogP) is 3.76. The number of benzene rings is 1. The second-order valence-electron chi connectivity index (χ2n) is 4.99. The van der Waals surface area contributed by atoms with E-state index in [-0.39, 0.29) is 0 Å². The summed E-state index contributed by atoms with van der Waals surface area (Å²) in [5.41, 5.74) is 2.40. The van der Waals surface area contributed by atoms with Crippen LogP contribution in [0.3, 0.4) is 0 Å². The SMILES string of the molecule is c1cc(-c2nccn2C2CCC2)c2cc[nH]c2c1. The lowest BCUT2D eigenvalue weighted by molar-refractivity contribution is 0.316. The molecule has 3 nitrogen and oxygen atoms in total. The second-order valence-corrected chi connectivity index (χ2v) is 4.99. The van der Waals surface area contributed by atoms with E-state index < -0.39 is 0 Å². The summed E-state index contributed by atoms with van der Waals surface area (Å²) in [4.78, 5) is 7.83. The van der Waals surface area contributed by atoms with Crippen LogP contribution in [0.1, 0.15) is 25.3 Å². The Morgan fingerprint density at radius 3 is 3.00 bits per heavy atom. The molecule has 4 rings (SSSR count). The molecule has 1 aliphatic carbocycles. The lowest BCUT2D eigenvalue weighted by Crippen LogP contribution is -2.17. The van der Waals surface area contributed by atoms with E-state index >= 15 is 0 Å². The Labute approximate surface area is 105 Å². The molecule has 18 heavy (non-hydrogen) atoms. The van der Waals surface area contributed by atoms with E-state index in [9.17, 15) is 0 Å². The molecule has 2 aromatic heterocycles. The molecule has 0 amide bonds. The van der Waals surface area contributed by atoms with Gasteiger partial charge < -0.3 is 9.55 Å². The Balaban J connectivity index is 1.91.